The van der Waals surface area contributed by atoms with E-state index in [1.54, 1.807) is 7.11 Å². The second-order valence-electron chi connectivity index (χ2n) is 8.57. The summed E-state index contributed by atoms with van der Waals surface area (Å²) in [6.07, 6.45) is 6.42. The fraction of sp³-hybridized carbons (Fsp3) is 0.429. The van der Waals surface area contributed by atoms with Gasteiger partial charge in [-0.3, -0.25) is 14.6 Å². The topological polar surface area (TPSA) is 104 Å². The molecule has 1 aliphatic carbocycles. The monoisotopic (exact) mass is 476 g/mol. The molecule has 7 heteroatoms. The smallest absolute Gasteiger partial charge is 0.245 e. The van der Waals surface area contributed by atoms with Gasteiger partial charge in [0.2, 0.25) is 11.8 Å². The summed E-state index contributed by atoms with van der Waals surface area (Å²) in [4.78, 5) is 28.7. The van der Waals surface area contributed by atoms with Crippen molar-refractivity contribution in [3.63, 3.8) is 0 Å². The largest absolute Gasteiger partial charge is 0.380 e. The molecular formula is C28H36N4O3. The highest BCUT2D eigenvalue weighted by atomic mass is 16.5. The number of carbonyl (C=O) groups is 2. The highest BCUT2D eigenvalue weighted by Gasteiger charge is 2.25. The van der Waals surface area contributed by atoms with E-state index in [0.29, 0.717) is 24.8 Å². The molecule has 0 heterocycles. The first-order valence-electron chi connectivity index (χ1n) is 12.1. The zero-order valence-electron chi connectivity index (χ0n) is 20.7. The summed E-state index contributed by atoms with van der Waals surface area (Å²) in [5.41, 5.74) is 1.98. The summed E-state index contributed by atoms with van der Waals surface area (Å²) in [7, 11) is 1.70. The van der Waals surface area contributed by atoms with Crippen molar-refractivity contribution in [1.82, 2.24) is 10.6 Å². The van der Waals surface area contributed by atoms with Crippen LogP contribution in [-0.4, -0.2) is 37.3 Å². The number of nitriles is 1. The Labute approximate surface area is 208 Å². The quantitative estimate of drug-likeness (QED) is 0.335. The van der Waals surface area contributed by atoms with Crippen LogP contribution in [0.15, 0.2) is 65.7 Å². The SMILES string of the molecule is CC(=O)NC(=N[C@@H](CC1CCCCC1)C(=O)NCC#N)c1ccccc1.COCc1ccccc1. The standard InChI is InChI=1S/C20H26N4O2.C8H10O/c1-15(25)23-19(17-10-6-3-7-11-17)24-18(20(26)22-13-12-21)14-16-8-4-2-5-9-16;1-9-7-8-5-3-2-4-6-8/h3,6-7,10-11,16,18H,2,4-5,8-9,13-14H2,1H3,(H,22,26)(H,23,24,25);2-6H,7H2,1H3/t18-;/m0./s1. The second kappa shape index (κ2) is 16.2. The Kier molecular flexibility index (Phi) is 12.8. The van der Waals surface area contributed by atoms with Gasteiger partial charge in [0.1, 0.15) is 18.4 Å². The van der Waals surface area contributed by atoms with E-state index in [1.807, 2.05) is 66.7 Å². The Morgan fingerprint density at radius 2 is 1.69 bits per heavy atom. The molecule has 186 valence electrons. The molecule has 2 aromatic rings. The average Bonchev–Trinajstić information content (AvgIpc) is 2.88. The van der Waals surface area contributed by atoms with Crippen LogP contribution in [0, 0.1) is 17.2 Å². The van der Waals surface area contributed by atoms with Crippen molar-refractivity contribution in [3.05, 3.63) is 71.8 Å². The maximum atomic E-state index is 12.5. The van der Waals surface area contributed by atoms with Crippen molar-refractivity contribution >= 4 is 17.6 Å². The number of amidine groups is 1. The number of ether oxygens (including phenoxy) is 1. The van der Waals surface area contributed by atoms with Crippen LogP contribution in [0.2, 0.25) is 0 Å². The van der Waals surface area contributed by atoms with Crippen molar-refractivity contribution in [3.8, 4) is 6.07 Å². The lowest BCUT2D eigenvalue weighted by Crippen LogP contribution is -2.38. The maximum Gasteiger partial charge on any atom is 0.245 e. The van der Waals surface area contributed by atoms with Crippen LogP contribution in [0.3, 0.4) is 0 Å². The molecule has 0 unspecified atom stereocenters. The molecule has 3 rings (SSSR count). The molecule has 0 saturated heterocycles. The van der Waals surface area contributed by atoms with Crippen LogP contribution in [0.1, 0.15) is 56.6 Å². The van der Waals surface area contributed by atoms with E-state index in [2.05, 4.69) is 15.6 Å². The van der Waals surface area contributed by atoms with Gasteiger partial charge in [0.15, 0.2) is 0 Å². The summed E-state index contributed by atoms with van der Waals surface area (Å²) < 4.78 is 4.93. The Hall–Kier alpha value is -3.50. The zero-order chi connectivity index (χ0) is 25.3. The summed E-state index contributed by atoms with van der Waals surface area (Å²) in [6.45, 7) is 2.08. The first kappa shape index (κ1) is 27.7. The summed E-state index contributed by atoms with van der Waals surface area (Å²) in [5.74, 6) is 0.336. The van der Waals surface area contributed by atoms with Gasteiger partial charge < -0.3 is 15.4 Å². The van der Waals surface area contributed by atoms with E-state index >= 15 is 0 Å². The molecular weight excluding hydrogens is 440 g/mol. The van der Waals surface area contributed by atoms with E-state index in [9.17, 15) is 9.59 Å². The third kappa shape index (κ3) is 11.0. The van der Waals surface area contributed by atoms with Gasteiger partial charge in [-0.05, 0) is 17.9 Å². The van der Waals surface area contributed by atoms with Gasteiger partial charge in [0.05, 0.1) is 12.7 Å². The number of amides is 2. The Balaban J connectivity index is 0.000000402. The van der Waals surface area contributed by atoms with Gasteiger partial charge in [-0.15, -0.1) is 0 Å². The molecule has 0 aliphatic heterocycles. The van der Waals surface area contributed by atoms with Crippen LogP contribution >= 0.6 is 0 Å². The molecule has 0 spiro atoms. The van der Waals surface area contributed by atoms with Gasteiger partial charge in [0.25, 0.3) is 0 Å². The molecule has 1 aliphatic rings. The van der Waals surface area contributed by atoms with Gasteiger partial charge in [-0.1, -0.05) is 92.8 Å². The van der Waals surface area contributed by atoms with Gasteiger partial charge >= 0.3 is 0 Å². The Morgan fingerprint density at radius 3 is 2.26 bits per heavy atom. The molecule has 35 heavy (non-hydrogen) atoms. The highest BCUT2D eigenvalue weighted by Crippen LogP contribution is 2.28. The highest BCUT2D eigenvalue weighted by molar-refractivity contribution is 6.08. The van der Waals surface area contributed by atoms with Crippen molar-refractivity contribution < 1.29 is 14.3 Å². The van der Waals surface area contributed by atoms with Crippen LogP contribution in [0.4, 0.5) is 0 Å². The number of aliphatic imine (C=N–C) groups is 1. The van der Waals surface area contributed by atoms with Gasteiger partial charge in [-0.2, -0.15) is 5.26 Å². The fourth-order valence-corrected chi connectivity index (χ4v) is 4.04. The van der Waals surface area contributed by atoms with Crippen LogP contribution in [-0.2, 0) is 20.9 Å². The summed E-state index contributed by atoms with van der Waals surface area (Å²) >= 11 is 0. The molecule has 1 atom stereocenters. The number of carbonyl (C=O) groups excluding carboxylic acids is 2. The van der Waals surface area contributed by atoms with Crippen LogP contribution in [0.25, 0.3) is 0 Å². The molecule has 0 radical (unpaired) electrons. The first-order valence-corrected chi connectivity index (χ1v) is 12.1. The Bertz CT molecular complexity index is 965. The van der Waals surface area contributed by atoms with Crippen LogP contribution in [0.5, 0.6) is 0 Å². The normalized spacial score (nSPS) is 14.6. The van der Waals surface area contributed by atoms with E-state index < -0.39 is 6.04 Å². The summed E-state index contributed by atoms with van der Waals surface area (Å²) in [5, 5.41) is 14.1. The number of nitrogens with one attached hydrogen (secondary N) is 2. The molecule has 0 bridgehead atoms. The lowest BCUT2D eigenvalue weighted by atomic mass is 9.84. The number of nitrogens with zero attached hydrogens (tertiary/aromatic N) is 2. The molecule has 2 N–H and O–H groups in total. The third-order valence-corrected chi connectivity index (χ3v) is 5.71. The van der Waals surface area contributed by atoms with Crippen molar-refractivity contribution in [2.24, 2.45) is 10.9 Å². The number of methoxy groups -OCH3 is 1. The molecule has 0 aromatic heterocycles. The zero-order valence-corrected chi connectivity index (χ0v) is 20.7. The first-order chi connectivity index (χ1) is 17.0. The lowest BCUT2D eigenvalue weighted by Gasteiger charge is -2.24. The number of benzene rings is 2. The van der Waals surface area contributed by atoms with Gasteiger partial charge in [0, 0.05) is 19.6 Å². The third-order valence-electron chi connectivity index (χ3n) is 5.71. The fourth-order valence-electron chi connectivity index (χ4n) is 4.04. The van der Waals surface area contributed by atoms with Crippen LogP contribution < -0.4 is 10.6 Å². The predicted octanol–water partition coefficient (Wildman–Crippen LogP) is 4.38. The van der Waals surface area contributed by atoms with E-state index in [0.717, 1.165) is 18.4 Å². The Morgan fingerprint density at radius 1 is 1.06 bits per heavy atom. The molecule has 1 saturated carbocycles. The minimum atomic E-state index is -0.617. The second-order valence-corrected chi connectivity index (χ2v) is 8.57. The number of hydrogen-bond donors (Lipinski definition) is 2. The van der Waals surface area contributed by atoms with E-state index in [4.69, 9.17) is 10.00 Å². The molecule has 2 aromatic carbocycles. The average molecular weight is 477 g/mol. The minimum absolute atomic E-state index is 0.0453. The maximum absolute atomic E-state index is 12.5. The van der Waals surface area contributed by atoms with Crippen molar-refractivity contribution in [2.75, 3.05) is 13.7 Å². The van der Waals surface area contributed by atoms with Crippen molar-refractivity contribution in [2.45, 2.75) is 58.1 Å². The summed E-state index contributed by atoms with van der Waals surface area (Å²) in [6, 6.07) is 20.7. The van der Waals surface area contributed by atoms with Gasteiger partial charge in [-0.25, -0.2) is 0 Å². The molecule has 7 nitrogen and oxygen atoms in total. The number of hydrogen-bond acceptors (Lipinski definition) is 5. The van der Waals surface area contributed by atoms with E-state index in [1.165, 1.54) is 31.7 Å². The number of rotatable bonds is 8. The van der Waals surface area contributed by atoms with E-state index in [-0.39, 0.29) is 18.4 Å². The predicted molar refractivity (Wildman–Crippen MR) is 138 cm³/mol. The minimum Gasteiger partial charge on any atom is -0.380 e. The molecule has 1 fully saturated rings. The lowest BCUT2D eigenvalue weighted by molar-refractivity contribution is -0.122. The molecule has 2 amide bonds. The van der Waals surface area contributed by atoms with Crippen molar-refractivity contribution in [1.29, 1.82) is 5.26 Å².